The Bertz CT molecular complexity index is 284. The molecule has 14 heavy (non-hydrogen) atoms. The summed E-state index contributed by atoms with van der Waals surface area (Å²) < 4.78 is 0. The van der Waals surface area contributed by atoms with Gasteiger partial charge in [-0.2, -0.15) is 0 Å². The summed E-state index contributed by atoms with van der Waals surface area (Å²) >= 11 is 5.81. The van der Waals surface area contributed by atoms with E-state index >= 15 is 0 Å². The van der Waals surface area contributed by atoms with Gasteiger partial charge in [0.2, 0.25) is 0 Å². The molecular formula is C12H17ClO. The monoisotopic (exact) mass is 212 g/mol. The van der Waals surface area contributed by atoms with Gasteiger partial charge in [0.15, 0.2) is 0 Å². The Morgan fingerprint density at radius 1 is 1.21 bits per heavy atom. The van der Waals surface area contributed by atoms with Crippen molar-refractivity contribution in [3.8, 4) is 0 Å². The van der Waals surface area contributed by atoms with Crippen LogP contribution < -0.4 is 0 Å². The highest BCUT2D eigenvalue weighted by Crippen LogP contribution is 2.34. The van der Waals surface area contributed by atoms with Gasteiger partial charge in [-0.15, -0.1) is 0 Å². The minimum atomic E-state index is 0.0720. The van der Waals surface area contributed by atoms with Crippen molar-refractivity contribution in [2.24, 2.45) is 5.41 Å². The van der Waals surface area contributed by atoms with Gasteiger partial charge in [0.05, 0.1) is 6.61 Å². The van der Waals surface area contributed by atoms with Crippen LogP contribution in [0.1, 0.15) is 32.3 Å². The molecule has 0 aliphatic carbocycles. The van der Waals surface area contributed by atoms with Crippen molar-refractivity contribution in [1.29, 1.82) is 0 Å². The summed E-state index contributed by atoms with van der Waals surface area (Å²) in [4.78, 5) is 0. The van der Waals surface area contributed by atoms with Gasteiger partial charge in [-0.3, -0.25) is 0 Å². The average molecular weight is 213 g/mol. The number of rotatable bonds is 2. The van der Waals surface area contributed by atoms with Crippen LogP contribution in [0.25, 0.3) is 0 Å². The SMILES string of the molecule is CC(C)(C)C(CO)c1ccc(Cl)cc1. The van der Waals surface area contributed by atoms with Crippen LogP contribution in [0, 0.1) is 5.41 Å². The molecule has 0 aliphatic rings. The zero-order chi connectivity index (χ0) is 10.8. The minimum absolute atomic E-state index is 0.0720. The molecular weight excluding hydrogens is 196 g/mol. The van der Waals surface area contributed by atoms with E-state index in [4.69, 9.17) is 11.6 Å². The van der Waals surface area contributed by atoms with Crippen LogP contribution in [0.4, 0.5) is 0 Å². The fourth-order valence-electron chi connectivity index (χ4n) is 1.57. The van der Waals surface area contributed by atoms with Gasteiger partial charge in [-0.1, -0.05) is 44.5 Å². The first kappa shape index (κ1) is 11.5. The van der Waals surface area contributed by atoms with Crippen LogP contribution in [0.2, 0.25) is 5.02 Å². The Morgan fingerprint density at radius 2 is 1.71 bits per heavy atom. The molecule has 78 valence electrons. The van der Waals surface area contributed by atoms with Gasteiger partial charge in [-0.25, -0.2) is 0 Å². The van der Waals surface area contributed by atoms with E-state index in [0.717, 1.165) is 10.6 Å². The van der Waals surface area contributed by atoms with Crippen LogP contribution in [-0.2, 0) is 0 Å². The largest absolute Gasteiger partial charge is 0.396 e. The van der Waals surface area contributed by atoms with Crippen molar-refractivity contribution in [3.05, 3.63) is 34.9 Å². The number of aliphatic hydroxyl groups is 1. The summed E-state index contributed by atoms with van der Waals surface area (Å²) in [6, 6.07) is 7.69. The van der Waals surface area contributed by atoms with Gasteiger partial charge >= 0.3 is 0 Å². The van der Waals surface area contributed by atoms with Crippen molar-refractivity contribution in [3.63, 3.8) is 0 Å². The maximum Gasteiger partial charge on any atom is 0.0504 e. The molecule has 1 aromatic carbocycles. The van der Waals surface area contributed by atoms with Crippen molar-refractivity contribution >= 4 is 11.6 Å². The Kier molecular flexibility index (Phi) is 3.57. The number of hydrogen-bond donors (Lipinski definition) is 1. The molecule has 0 fully saturated rings. The van der Waals surface area contributed by atoms with Crippen LogP contribution in [-0.4, -0.2) is 11.7 Å². The summed E-state index contributed by atoms with van der Waals surface area (Å²) in [5.41, 5.74) is 1.21. The molecule has 1 nitrogen and oxygen atoms in total. The normalized spacial score (nSPS) is 14.1. The van der Waals surface area contributed by atoms with Gasteiger partial charge in [0.1, 0.15) is 0 Å². The minimum Gasteiger partial charge on any atom is -0.396 e. The Hall–Kier alpha value is -0.530. The quantitative estimate of drug-likeness (QED) is 0.796. The third-order valence-electron chi connectivity index (χ3n) is 2.50. The fraction of sp³-hybridized carbons (Fsp3) is 0.500. The zero-order valence-corrected chi connectivity index (χ0v) is 9.67. The third kappa shape index (κ3) is 2.73. The molecule has 0 spiro atoms. The van der Waals surface area contributed by atoms with Crippen LogP contribution >= 0.6 is 11.6 Å². The average Bonchev–Trinajstić information content (AvgIpc) is 2.07. The first-order chi connectivity index (χ1) is 6.45. The van der Waals surface area contributed by atoms with Gasteiger partial charge in [0.25, 0.3) is 0 Å². The molecule has 0 aromatic heterocycles. The molecule has 1 atom stereocenters. The lowest BCUT2D eigenvalue weighted by Gasteiger charge is -2.29. The highest BCUT2D eigenvalue weighted by atomic mass is 35.5. The van der Waals surface area contributed by atoms with E-state index in [2.05, 4.69) is 20.8 Å². The smallest absolute Gasteiger partial charge is 0.0504 e. The van der Waals surface area contributed by atoms with Crippen molar-refractivity contribution in [2.75, 3.05) is 6.61 Å². The van der Waals surface area contributed by atoms with Gasteiger partial charge < -0.3 is 5.11 Å². The summed E-state index contributed by atoms with van der Waals surface area (Å²) in [7, 11) is 0. The number of hydrogen-bond acceptors (Lipinski definition) is 1. The van der Waals surface area contributed by atoms with Crippen LogP contribution in [0.15, 0.2) is 24.3 Å². The molecule has 0 saturated heterocycles. The molecule has 2 heteroatoms. The standard InChI is InChI=1S/C12H17ClO/c1-12(2,3)11(8-14)9-4-6-10(13)7-5-9/h4-7,11,14H,8H2,1-3H3. The zero-order valence-electron chi connectivity index (χ0n) is 8.92. The second-order valence-corrected chi connectivity index (χ2v) is 5.09. The fourth-order valence-corrected chi connectivity index (χ4v) is 1.70. The van der Waals surface area contributed by atoms with E-state index < -0.39 is 0 Å². The van der Waals surface area contributed by atoms with E-state index in [0.29, 0.717) is 0 Å². The van der Waals surface area contributed by atoms with E-state index in [9.17, 15) is 5.11 Å². The molecule has 0 amide bonds. The van der Waals surface area contributed by atoms with Gasteiger partial charge in [-0.05, 0) is 23.1 Å². The first-order valence-electron chi connectivity index (χ1n) is 4.81. The highest BCUT2D eigenvalue weighted by molar-refractivity contribution is 6.30. The molecule has 1 aromatic rings. The van der Waals surface area contributed by atoms with Crippen molar-refractivity contribution < 1.29 is 5.11 Å². The summed E-state index contributed by atoms with van der Waals surface area (Å²) in [5.74, 6) is 0.166. The lowest BCUT2D eigenvalue weighted by molar-refractivity contribution is 0.187. The molecule has 0 bridgehead atoms. The maximum absolute atomic E-state index is 9.35. The van der Waals surface area contributed by atoms with E-state index in [1.54, 1.807) is 0 Å². The number of aliphatic hydroxyl groups excluding tert-OH is 1. The van der Waals surface area contributed by atoms with E-state index in [1.165, 1.54) is 0 Å². The second kappa shape index (κ2) is 4.33. The Morgan fingerprint density at radius 3 is 2.07 bits per heavy atom. The summed E-state index contributed by atoms with van der Waals surface area (Å²) in [6.45, 7) is 6.55. The number of halogens is 1. The van der Waals surface area contributed by atoms with Crippen molar-refractivity contribution in [1.82, 2.24) is 0 Å². The first-order valence-corrected chi connectivity index (χ1v) is 5.19. The van der Waals surface area contributed by atoms with Crippen LogP contribution in [0.3, 0.4) is 0 Å². The van der Waals surface area contributed by atoms with Crippen molar-refractivity contribution in [2.45, 2.75) is 26.7 Å². The van der Waals surface area contributed by atoms with E-state index in [-0.39, 0.29) is 17.9 Å². The molecule has 0 heterocycles. The Labute approximate surface area is 90.7 Å². The lowest BCUT2D eigenvalue weighted by Crippen LogP contribution is -2.21. The summed E-state index contributed by atoms with van der Waals surface area (Å²) in [6.07, 6.45) is 0. The highest BCUT2D eigenvalue weighted by Gasteiger charge is 2.25. The Balaban J connectivity index is 2.96. The predicted octanol–water partition coefficient (Wildman–Crippen LogP) is 3.46. The molecule has 1 rings (SSSR count). The van der Waals surface area contributed by atoms with E-state index in [1.807, 2.05) is 24.3 Å². The molecule has 1 unspecified atom stereocenters. The topological polar surface area (TPSA) is 20.2 Å². The molecule has 0 radical (unpaired) electrons. The second-order valence-electron chi connectivity index (χ2n) is 4.65. The molecule has 0 aliphatic heterocycles. The number of benzene rings is 1. The lowest BCUT2D eigenvalue weighted by atomic mass is 9.77. The maximum atomic E-state index is 9.35. The molecule has 1 N–H and O–H groups in total. The van der Waals surface area contributed by atoms with Crippen LogP contribution in [0.5, 0.6) is 0 Å². The predicted molar refractivity (Wildman–Crippen MR) is 60.7 cm³/mol. The third-order valence-corrected chi connectivity index (χ3v) is 2.75. The van der Waals surface area contributed by atoms with Gasteiger partial charge in [0, 0.05) is 10.9 Å². The summed E-state index contributed by atoms with van der Waals surface area (Å²) in [5, 5.41) is 10.1. The molecule has 0 saturated carbocycles.